The number of hydrogen-bond donors (Lipinski definition) is 1. The third-order valence-corrected chi connectivity index (χ3v) is 2.83. The van der Waals surface area contributed by atoms with Crippen LogP contribution >= 0.6 is 0 Å². The van der Waals surface area contributed by atoms with Gasteiger partial charge in [0.1, 0.15) is 12.4 Å². The van der Waals surface area contributed by atoms with E-state index in [0.29, 0.717) is 17.9 Å². The van der Waals surface area contributed by atoms with E-state index in [9.17, 15) is 4.79 Å². The van der Waals surface area contributed by atoms with Gasteiger partial charge in [-0.25, -0.2) is 0 Å². The Morgan fingerprint density at radius 1 is 1.11 bits per heavy atom. The van der Waals surface area contributed by atoms with E-state index in [1.54, 1.807) is 18.2 Å². The quantitative estimate of drug-likeness (QED) is 0.913. The van der Waals surface area contributed by atoms with Crippen molar-refractivity contribution in [1.29, 1.82) is 0 Å². The average Bonchev–Trinajstić information content (AvgIpc) is 2.35. The Labute approximate surface area is 113 Å². The van der Waals surface area contributed by atoms with Crippen LogP contribution in [0.2, 0.25) is 0 Å². The van der Waals surface area contributed by atoms with E-state index in [-0.39, 0.29) is 0 Å². The number of ether oxygens (including phenoxy) is 1. The summed E-state index contributed by atoms with van der Waals surface area (Å²) in [4.78, 5) is 11.3. The first-order valence-electron chi connectivity index (χ1n) is 6.15. The molecule has 0 aliphatic rings. The van der Waals surface area contributed by atoms with Gasteiger partial charge in [0.05, 0.1) is 5.56 Å². The van der Waals surface area contributed by atoms with Crippen molar-refractivity contribution >= 4 is 5.91 Å². The number of amides is 1. The molecule has 98 valence electrons. The molecule has 3 heteroatoms. The predicted molar refractivity (Wildman–Crippen MR) is 75.2 cm³/mol. The molecule has 0 aromatic heterocycles. The molecule has 2 aromatic carbocycles. The normalized spacial score (nSPS) is 10.2. The minimum atomic E-state index is -0.476. The van der Waals surface area contributed by atoms with Crippen molar-refractivity contribution in [2.45, 2.75) is 20.5 Å². The molecule has 0 atom stereocenters. The highest BCUT2D eigenvalue weighted by atomic mass is 16.5. The maximum absolute atomic E-state index is 11.3. The van der Waals surface area contributed by atoms with Gasteiger partial charge in [-0.05, 0) is 31.5 Å². The van der Waals surface area contributed by atoms with Crippen molar-refractivity contribution in [2.75, 3.05) is 0 Å². The SMILES string of the molecule is Cc1cc(C)cc(COc2ccccc2C(N)=O)c1. The number of para-hydroxylation sites is 1. The summed E-state index contributed by atoms with van der Waals surface area (Å²) in [5, 5.41) is 0. The van der Waals surface area contributed by atoms with Gasteiger partial charge in [-0.15, -0.1) is 0 Å². The lowest BCUT2D eigenvalue weighted by molar-refractivity contribution is 0.0996. The minimum absolute atomic E-state index is 0.409. The van der Waals surface area contributed by atoms with Gasteiger partial charge in [-0.1, -0.05) is 41.5 Å². The summed E-state index contributed by atoms with van der Waals surface area (Å²) in [6.45, 7) is 4.52. The Bertz CT molecular complexity index is 585. The molecule has 0 heterocycles. The zero-order valence-corrected chi connectivity index (χ0v) is 11.1. The van der Waals surface area contributed by atoms with Gasteiger partial charge in [-0.3, -0.25) is 4.79 Å². The largest absolute Gasteiger partial charge is 0.488 e. The number of carbonyl (C=O) groups is 1. The highest BCUT2D eigenvalue weighted by Gasteiger charge is 2.08. The topological polar surface area (TPSA) is 52.3 Å². The van der Waals surface area contributed by atoms with Crippen LogP contribution in [0.3, 0.4) is 0 Å². The maximum Gasteiger partial charge on any atom is 0.252 e. The number of primary amides is 1. The molecule has 0 aliphatic carbocycles. The van der Waals surface area contributed by atoms with Crippen molar-refractivity contribution in [3.8, 4) is 5.75 Å². The molecule has 0 bridgehead atoms. The van der Waals surface area contributed by atoms with Crippen LogP contribution in [-0.4, -0.2) is 5.91 Å². The molecule has 0 spiro atoms. The summed E-state index contributed by atoms with van der Waals surface area (Å²) in [5.41, 5.74) is 9.19. The van der Waals surface area contributed by atoms with Crippen LogP contribution in [0.25, 0.3) is 0 Å². The van der Waals surface area contributed by atoms with Crippen molar-refractivity contribution < 1.29 is 9.53 Å². The summed E-state index contributed by atoms with van der Waals surface area (Å²) in [6.07, 6.45) is 0. The van der Waals surface area contributed by atoms with E-state index in [1.165, 1.54) is 11.1 Å². The smallest absolute Gasteiger partial charge is 0.252 e. The predicted octanol–water partition coefficient (Wildman–Crippen LogP) is 2.98. The van der Waals surface area contributed by atoms with Crippen LogP contribution in [0.1, 0.15) is 27.0 Å². The number of nitrogens with two attached hydrogens (primary N) is 1. The Balaban J connectivity index is 2.16. The second-order valence-electron chi connectivity index (χ2n) is 4.65. The third kappa shape index (κ3) is 3.35. The monoisotopic (exact) mass is 255 g/mol. The summed E-state index contributed by atoms with van der Waals surface area (Å²) < 4.78 is 5.69. The third-order valence-electron chi connectivity index (χ3n) is 2.83. The van der Waals surface area contributed by atoms with E-state index >= 15 is 0 Å². The highest BCUT2D eigenvalue weighted by molar-refractivity contribution is 5.95. The number of rotatable bonds is 4. The van der Waals surface area contributed by atoms with Gasteiger partial charge in [0.15, 0.2) is 0 Å². The molecule has 0 saturated carbocycles. The lowest BCUT2D eigenvalue weighted by Gasteiger charge is -2.10. The minimum Gasteiger partial charge on any atom is -0.488 e. The van der Waals surface area contributed by atoms with Gasteiger partial charge in [0.25, 0.3) is 5.91 Å². The number of benzene rings is 2. The van der Waals surface area contributed by atoms with Crippen LogP contribution in [0, 0.1) is 13.8 Å². The van der Waals surface area contributed by atoms with E-state index < -0.39 is 5.91 Å². The molecule has 0 unspecified atom stereocenters. The highest BCUT2D eigenvalue weighted by Crippen LogP contribution is 2.19. The molecule has 2 aromatic rings. The standard InChI is InChI=1S/C16H17NO2/c1-11-7-12(2)9-13(8-11)10-19-15-6-4-3-5-14(15)16(17)18/h3-9H,10H2,1-2H3,(H2,17,18). The first-order chi connectivity index (χ1) is 9.06. The molecule has 0 aliphatic heterocycles. The zero-order chi connectivity index (χ0) is 13.8. The van der Waals surface area contributed by atoms with E-state index in [1.807, 2.05) is 19.9 Å². The number of hydrogen-bond acceptors (Lipinski definition) is 2. The van der Waals surface area contributed by atoms with Gasteiger partial charge >= 0.3 is 0 Å². The average molecular weight is 255 g/mol. The lowest BCUT2D eigenvalue weighted by atomic mass is 10.1. The molecule has 3 nitrogen and oxygen atoms in total. The summed E-state index contributed by atoms with van der Waals surface area (Å²) in [7, 11) is 0. The molecule has 0 fully saturated rings. The van der Waals surface area contributed by atoms with Gasteiger partial charge < -0.3 is 10.5 Å². The molecule has 2 rings (SSSR count). The van der Waals surface area contributed by atoms with Crippen molar-refractivity contribution in [3.63, 3.8) is 0 Å². The summed E-state index contributed by atoms with van der Waals surface area (Å²) in [5.74, 6) is 0.0465. The molecule has 0 radical (unpaired) electrons. The lowest BCUT2D eigenvalue weighted by Crippen LogP contribution is -2.12. The van der Waals surface area contributed by atoms with Crippen molar-refractivity contribution in [1.82, 2.24) is 0 Å². The summed E-state index contributed by atoms with van der Waals surface area (Å²) in [6, 6.07) is 13.3. The van der Waals surface area contributed by atoms with Gasteiger partial charge in [0.2, 0.25) is 0 Å². The Morgan fingerprint density at radius 2 is 1.74 bits per heavy atom. The second kappa shape index (κ2) is 5.57. The van der Waals surface area contributed by atoms with Crippen LogP contribution in [-0.2, 0) is 6.61 Å². The fraction of sp³-hybridized carbons (Fsp3) is 0.188. The molecule has 1 amide bonds. The van der Waals surface area contributed by atoms with Gasteiger partial charge in [-0.2, -0.15) is 0 Å². The Hall–Kier alpha value is -2.29. The van der Waals surface area contributed by atoms with Crippen LogP contribution < -0.4 is 10.5 Å². The number of aryl methyl sites for hydroxylation is 2. The fourth-order valence-corrected chi connectivity index (χ4v) is 2.11. The van der Waals surface area contributed by atoms with Crippen LogP contribution in [0.5, 0.6) is 5.75 Å². The fourth-order valence-electron chi connectivity index (χ4n) is 2.11. The first-order valence-corrected chi connectivity index (χ1v) is 6.15. The van der Waals surface area contributed by atoms with E-state index in [0.717, 1.165) is 5.56 Å². The first kappa shape index (κ1) is 13.1. The van der Waals surface area contributed by atoms with Crippen molar-refractivity contribution in [3.05, 3.63) is 64.7 Å². The molecule has 19 heavy (non-hydrogen) atoms. The maximum atomic E-state index is 11.3. The summed E-state index contributed by atoms with van der Waals surface area (Å²) >= 11 is 0. The van der Waals surface area contributed by atoms with Crippen LogP contribution in [0.4, 0.5) is 0 Å². The van der Waals surface area contributed by atoms with Crippen LogP contribution in [0.15, 0.2) is 42.5 Å². The second-order valence-corrected chi connectivity index (χ2v) is 4.65. The number of carbonyl (C=O) groups excluding carboxylic acids is 1. The molecular formula is C16H17NO2. The molecule has 2 N–H and O–H groups in total. The Kier molecular flexibility index (Phi) is 3.85. The van der Waals surface area contributed by atoms with E-state index in [4.69, 9.17) is 10.5 Å². The molecule has 0 saturated heterocycles. The zero-order valence-electron chi connectivity index (χ0n) is 11.1. The van der Waals surface area contributed by atoms with Crippen molar-refractivity contribution in [2.24, 2.45) is 5.73 Å². The molecular weight excluding hydrogens is 238 g/mol. The Morgan fingerprint density at radius 3 is 2.37 bits per heavy atom. The van der Waals surface area contributed by atoms with Gasteiger partial charge in [0, 0.05) is 0 Å². The van der Waals surface area contributed by atoms with E-state index in [2.05, 4.69) is 18.2 Å².